The summed E-state index contributed by atoms with van der Waals surface area (Å²) in [5, 5.41) is 2.81. The van der Waals surface area contributed by atoms with Crippen molar-refractivity contribution in [3.05, 3.63) is 89.2 Å². The molecule has 0 spiro atoms. The first kappa shape index (κ1) is 20.8. The van der Waals surface area contributed by atoms with Gasteiger partial charge in [0.2, 0.25) is 26.6 Å². The van der Waals surface area contributed by atoms with Crippen LogP contribution in [0.15, 0.2) is 81.1 Å². The zero-order chi connectivity index (χ0) is 22.2. The van der Waals surface area contributed by atoms with Crippen molar-refractivity contribution in [3.8, 4) is 11.5 Å². The van der Waals surface area contributed by atoms with Crippen molar-refractivity contribution in [1.29, 1.82) is 0 Å². The first-order valence-corrected chi connectivity index (χ1v) is 11.1. The van der Waals surface area contributed by atoms with E-state index in [1.165, 1.54) is 12.1 Å². The SMILES string of the molecule is Cc1cc(C)cc(Nc2oc(-c3cccc(C)c3)nc2S(=O)(=O)c2ccc(F)cc2)c1. The minimum absolute atomic E-state index is 0.00540. The van der Waals surface area contributed by atoms with Crippen LogP contribution in [0.3, 0.4) is 0 Å². The van der Waals surface area contributed by atoms with E-state index in [1.807, 2.05) is 57.2 Å². The largest absolute Gasteiger partial charge is 0.419 e. The van der Waals surface area contributed by atoms with Crippen molar-refractivity contribution in [2.45, 2.75) is 30.7 Å². The first-order chi connectivity index (χ1) is 14.7. The Morgan fingerprint density at radius 1 is 0.871 bits per heavy atom. The van der Waals surface area contributed by atoms with Gasteiger partial charge in [0.15, 0.2) is 0 Å². The van der Waals surface area contributed by atoms with E-state index in [9.17, 15) is 12.8 Å². The Morgan fingerprint density at radius 3 is 2.19 bits per heavy atom. The van der Waals surface area contributed by atoms with E-state index in [-0.39, 0.29) is 21.7 Å². The highest BCUT2D eigenvalue weighted by atomic mass is 32.2. The molecule has 0 bridgehead atoms. The summed E-state index contributed by atoms with van der Waals surface area (Å²) in [4.78, 5) is 4.25. The van der Waals surface area contributed by atoms with Gasteiger partial charge in [-0.25, -0.2) is 12.8 Å². The molecular weight excluding hydrogens is 415 g/mol. The summed E-state index contributed by atoms with van der Waals surface area (Å²) < 4.78 is 45.9. The van der Waals surface area contributed by atoms with E-state index in [1.54, 1.807) is 6.07 Å². The van der Waals surface area contributed by atoms with Crippen molar-refractivity contribution < 1.29 is 17.2 Å². The number of hydrogen-bond donors (Lipinski definition) is 1. The maximum Gasteiger partial charge on any atom is 0.238 e. The second-order valence-corrected chi connectivity index (χ2v) is 9.35. The number of hydrogen-bond acceptors (Lipinski definition) is 5. The molecule has 1 heterocycles. The summed E-state index contributed by atoms with van der Waals surface area (Å²) in [6.07, 6.45) is 0. The Bertz CT molecular complexity index is 1340. The highest BCUT2D eigenvalue weighted by Gasteiger charge is 2.29. The highest BCUT2D eigenvalue weighted by Crippen LogP contribution is 2.34. The van der Waals surface area contributed by atoms with Crippen LogP contribution in [-0.4, -0.2) is 13.4 Å². The monoisotopic (exact) mass is 436 g/mol. The first-order valence-electron chi connectivity index (χ1n) is 9.66. The molecule has 0 aliphatic rings. The highest BCUT2D eigenvalue weighted by molar-refractivity contribution is 7.91. The third kappa shape index (κ3) is 4.36. The molecule has 0 fully saturated rings. The second-order valence-electron chi connectivity index (χ2n) is 7.48. The Labute approximate surface area is 180 Å². The smallest absolute Gasteiger partial charge is 0.238 e. The Balaban J connectivity index is 1.86. The van der Waals surface area contributed by atoms with Gasteiger partial charge in [0.1, 0.15) is 5.82 Å². The molecule has 3 aromatic carbocycles. The van der Waals surface area contributed by atoms with E-state index < -0.39 is 15.7 Å². The number of anilines is 2. The molecule has 7 heteroatoms. The van der Waals surface area contributed by atoms with Crippen molar-refractivity contribution in [2.24, 2.45) is 0 Å². The van der Waals surface area contributed by atoms with E-state index in [0.717, 1.165) is 28.8 Å². The standard InChI is InChI=1S/C24H21FN2O3S/c1-15-5-4-6-18(12-15)22-27-24(31(28,29)21-9-7-19(25)8-10-21)23(30-22)26-20-13-16(2)11-17(3)14-20/h4-14,26H,1-3H3. The van der Waals surface area contributed by atoms with Gasteiger partial charge in [-0.15, -0.1) is 0 Å². The van der Waals surface area contributed by atoms with Gasteiger partial charge in [-0.1, -0.05) is 23.8 Å². The normalized spacial score (nSPS) is 11.5. The summed E-state index contributed by atoms with van der Waals surface area (Å²) in [5.74, 6) is -0.338. The van der Waals surface area contributed by atoms with Crippen LogP contribution in [0.4, 0.5) is 16.0 Å². The Morgan fingerprint density at radius 2 is 1.55 bits per heavy atom. The summed E-state index contributed by atoms with van der Waals surface area (Å²) in [5.41, 5.74) is 4.36. The molecular formula is C24H21FN2O3S. The molecule has 1 aromatic heterocycles. The van der Waals surface area contributed by atoms with Gasteiger partial charge in [0.25, 0.3) is 0 Å². The lowest BCUT2D eigenvalue weighted by atomic mass is 10.1. The van der Waals surface area contributed by atoms with E-state index in [4.69, 9.17) is 4.42 Å². The lowest BCUT2D eigenvalue weighted by Gasteiger charge is -2.08. The number of sulfone groups is 1. The van der Waals surface area contributed by atoms with Crippen LogP contribution in [0.1, 0.15) is 16.7 Å². The van der Waals surface area contributed by atoms with Crippen LogP contribution >= 0.6 is 0 Å². The van der Waals surface area contributed by atoms with Gasteiger partial charge < -0.3 is 9.73 Å². The fourth-order valence-corrected chi connectivity index (χ4v) is 4.63. The maximum absolute atomic E-state index is 13.3. The quantitative estimate of drug-likeness (QED) is 0.390. The minimum atomic E-state index is -4.06. The van der Waals surface area contributed by atoms with Gasteiger partial charge in [-0.2, -0.15) is 4.98 Å². The zero-order valence-electron chi connectivity index (χ0n) is 17.3. The summed E-state index contributed by atoms with van der Waals surface area (Å²) in [6.45, 7) is 5.83. The van der Waals surface area contributed by atoms with Crippen LogP contribution in [0.25, 0.3) is 11.5 Å². The average molecular weight is 437 g/mol. The van der Waals surface area contributed by atoms with Crippen LogP contribution in [0.5, 0.6) is 0 Å². The number of nitrogens with zero attached hydrogens (tertiary/aromatic N) is 1. The number of aryl methyl sites for hydroxylation is 3. The predicted octanol–water partition coefficient (Wildman–Crippen LogP) is 5.98. The molecule has 0 aliphatic carbocycles. The van der Waals surface area contributed by atoms with Crippen LogP contribution in [-0.2, 0) is 9.84 Å². The number of aromatic nitrogens is 1. The van der Waals surface area contributed by atoms with Gasteiger partial charge in [-0.3, -0.25) is 0 Å². The maximum atomic E-state index is 13.3. The van der Waals surface area contributed by atoms with E-state index in [0.29, 0.717) is 11.3 Å². The molecule has 5 nitrogen and oxygen atoms in total. The summed E-state index contributed by atoms with van der Waals surface area (Å²) in [7, 11) is -4.06. The van der Waals surface area contributed by atoms with Crippen LogP contribution in [0, 0.1) is 26.6 Å². The number of halogens is 1. The van der Waals surface area contributed by atoms with Crippen molar-refractivity contribution in [1.82, 2.24) is 4.98 Å². The average Bonchev–Trinajstić information content (AvgIpc) is 3.12. The molecule has 158 valence electrons. The molecule has 1 N–H and O–H groups in total. The van der Waals surface area contributed by atoms with Gasteiger partial charge >= 0.3 is 0 Å². The molecule has 0 saturated heterocycles. The third-order valence-electron chi connectivity index (χ3n) is 4.72. The molecule has 0 saturated carbocycles. The molecule has 0 unspecified atom stereocenters. The predicted molar refractivity (Wildman–Crippen MR) is 118 cm³/mol. The number of rotatable bonds is 5. The lowest BCUT2D eigenvalue weighted by Crippen LogP contribution is -2.05. The van der Waals surface area contributed by atoms with Gasteiger partial charge in [0, 0.05) is 11.3 Å². The van der Waals surface area contributed by atoms with Gasteiger partial charge in [0.05, 0.1) is 4.90 Å². The number of nitrogens with one attached hydrogen (secondary N) is 1. The molecule has 0 amide bonds. The molecule has 4 rings (SSSR count). The molecule has 0 radical (unpaired) electrons. The van der Waals surface area contributed by atoms with E-state index in [2.05, 4.69) is 10.3 Å². The summed E-state index contributed by atoms with van der Waals surface area (Å²) >= 11 is 0. The summed E-state index contributed by atoms with van der Waals surface area (Å²) in [6, 6.07) is 17.9. The molecule has 0 atom stereocenters. The van der Waals surface area contributed by atoms with E-state index >= 15 is 0 Å². The topological polar surface area (TPSA) is 72.2 Å². The zero-order valence-corrected chi connectivity index (χ0v) is 18.1. The Kier molecular flexibility index (Phi) is 5.37. The van der Waals surface area contributed by atoms with Gasteiger partial charge in [-0.05, 0) is 80.4 Å². The molecule has 4 aromatic rings. The van der Waals surface area contributed by atoms with Crippen LogP contribution in [0.2, 0.25) is 0 Å². The number of benzene rings is 3. The second kappa shape index (κ2) is 8.00. The fraction of sp³-hybridized carbons (Fsp3) is 0.125. The van der Waals surface area contributed by atoms with Crippen molar-refractivity contribution >= 4 is 21.4 Å². The van der Waals surface area contributed by atoms with Crippen LogP contribution < -0.4 is 5.32 Å². The minimum Gasteiger partial charge on any atom is -0.419 e. The number of oxazole rings is 1. The van der Waals surface area contributed by atoms with Crippen molar-refractivity contribution in [2.75, 3.05) is 5.32 Å². The molecule has 31 heavy (non-hydrogen) atoms. The van der Waals surface area contributed by atoms with Crippen molar-refractivity contribution in [3.63, 3.8) is 0 Å². The third-order valence-corrected chi connectivity index (χ3v) is 6.40. The fourth-order valence-electron chi connectivity index (χ4n) is 3.37. The lowest BCUT2D eigenvalue weighted by molar-refractivity contribution is 0.581. The molecule has 0 aliphatic heterocycles. The Hall–Kier alpha value is -3.45.